The summed E-state index contributed by atoms with van der Waals surface area (Å²) < 4.78 is 4.99. The highest BCUT2D eigenvalue weighted by Crippen LogP contribution is 2.27. The first-order valence-corrected chi connectivity index (χ1v) is 5.40. The fourth-order valence-corrected chi connectivity index (χ4v) is 1.95. The van der Waals surface area contributed by atoms with Crippen LogP contribution < -0.4 is 0 Å². The Morgan fingerprint density at radius 3 is 2.93 bits per heavy atom. The molecule has 0 amide bonds. The molecule has 84 valence electrons. The van der Waals surface area contributed by atoms with Crippen molar-refractivity contribution in [1.29, 1.82) is 0 Å². The van der Waals surface area contributed by atoms with Crippen LogP contribution in [0.3, 0.4) is 0 Å². The van der Waals surface area contributed by atoms with Crippen molar-refractivity contribution >= 4 is 0 Å². The van der Waals surface area contributed by atoms with Gasteiger partial charge >= 0.3 is 0 Å². The number of aromatic nitrogens is 2. The Hall–Kier alpha value is -0.940. The third-order valence-electron chi connectivity index (χ3n) is 2.88. The van der Waals surface area contributed by atoms with E-state index in [0.29, 0.717) is 11.7 Å². The molecule has 1 saturated heterocycles. The fraction of sp³-hybridized carbons (Fsp3) is 0.800. The summed E-state index contributed by atoms with van der Waals surface area (Å²) in [6, 6.07) is 0.245. The highest BCUT2D eigenvalue weighted by atomic mass is 16.5. The summed E-state index contributed by atoms with van der Waals surface area (Å²) in [5, 5.41) is 13.2. The molecule has 2 rings (SSSR count). The standard InChI is InChI=1S/C10H17N3O2/c1-7(14)10-11-9(12-15-10)8-5-3-4-6-13(8)2/h7-8,14H,3-6H2,1-2H3. The van der Waals surface area contributed by atoms with E-state index < -0.39 is 6.10 Å². The lowest BCUT2D eigenvalue weighted by Crippen LogP contribution is -2.30. The van der Waals surface area contributed by atoms with Gasteiger partial charge in [-0.3, -0.25) is 4.90 Å². The summed E-state index contributed by atoms with van der Waals surface area (Å²) in [5.41, 5.74) is 0. The van der Waals surface area contributed by atoms with Crippen LogP contribution in [0.25, 0.3) is 0 Å². The largest absolute Gasteiger partial charge is 0.384 e. The van der Waals surface area contributed by atoms with Gasteiger partial charge in [-0.05, 0) is 33.4 Å². The minimum Gasteiger partial charge on any atom is -0.384 e. The van der Waals surface area contributed by atoms with Gasteiger partial charge in [-0.1, -0.05) is 11.6 Å². The van der Waals surface area contributed by atoms with E-state index in [1.54, 1.807) is 6.92 Å². The van der Waals surface area contributed by atoms with Gasteiger partial charge in [0.1, 0.15) is 6.10 Å². The van der Waals surface area contributed by atoms with E-state index in [1.807, 2.05) is 0 Å². The molecule has 0 saturated carbocycles. The summed E-state index contributed by atoms with van der Waals surface area (Å²) in [4.78, 5) is 6.45. The van der Waals surface area contributed by atoms with Gasteiger partial charge in [0.2, 0.25) is 0 Å². The Morgan fingerprint density at radius 2 is 2.33 bits per heavy atom. The number of aliphatic hydroxyl groups excluding tert-OH is 1. The predicted octanol–water partition coefficient (Wildman–Crippen LogP) is 1.28. The van der Waals surface area contributed by atoms with Crippen LogP contribution in [0.1, 0.15) is 50.0 Å². The summed E-state index contributed by atoms with van der Waals surface area (Å²) in [5.74, 6) is 1.01. The second kappa shape index (κ2) is 4.28. The number of hydrogen-bond donors (Lipinski definition) is 1. The first-order chi connectivity index (χ1) is 7.18. The molecule has 1 aliphatic rings. The van der Waals surface area contributed by atoms with Crippen molar-refractivity contribution in [3.63, 3.8) is 0 Å². The van der Waals surface area contributed by atoms with Crippen LogP contribution in [0, 0.1) is 0 Å². The van der Waals surface area contributed by atoms with Crippen LogP contribution in [-0.4, -0.2) is 33.7 Å². The molecule has 0 radical (unpaired) electrons. The maximum Gasteiger partial charge on any atom is 0.255 e. The summed E-state index contributed by atoms with van der Waals surface area (Å²) in [6.45, 7) is 2.70. The molecule has 15 heavy (non-hydrogen) atoms. The zero-order valence-corrected chi connectivity index (χ0v) is 9.18. The molecule has 2 heterocycles. The average Bonchev–Trinajstić information content (AvgIpc) is 2.67. The number of likely N-dealkylation sites (tertiary alicyclic amines) is 1. The average molecular weight is 211 g/mol. The van der Waals surface area contributed by atoms with E-state index in [9.17, 15) is 5.11 Å². The SMILES string of the molecule is CC(O)c1nc(C2CCCCN2C)no1. The van der Waals surface area contributed by atoms with E-state index in [1.165, 1.54) is 12.8 Å². The Kier molecular flexibility index (Phi) is 3.02. The summed E-state index contributed by atoms with van der Waals surface area (Å²) in [7, 11) is 2.07. The molecule has 1 aromatic rings. The number of piperidine rings is 1. The molecule has 0 bridgehead atoms. The molecule has 1 fully saturated rings. The van der Waals surface area contributed by atoms with Crippen LogP contribution in [0.15, 0.2) is 4.52 Å². The molecule has 1 aliphatic heterocycles. The molecule has 2 atom stereocenters. The number of hydrogen-bond acceptors (Lipinski definition) is 5. The molecule has 5 nitrogen and oxygen atoms in total. The molecule has 2 unspecified atom stereocenters. The lowest BCUT2D eigenvalue weighted by atomic mass is 10.0. The highest BCUT2D eigenvalue weighted by molar-refractivity contribution is 4.97. The smallest absolute Gasteiger partial charge is 0.255 e. The van der Waals surface area contributed by atoms with Crippen molar-refractivity contribution in [2.75, 3.05) is 13.6 Å². The van der Waals surface area contributed by atoms with Crippen molar-refractivity contribution in [3.05, 3.63) is 11.7 Å². The van der Waals surface area contributed by atoms with Crippen LogP contribution >= 0.6 is 0 Å². The molecule has 0 aliphatic carbocycles. The quantitative estimate of drug-likeness (QED) is 0.798. The van der Waals surface area contributed by atoms with Crippen molar-refractivity contribution in [3.8, 4) is 0 Å². The van der Waals surface area contributed by atoms with Crippen molar-refractivity contribution in [2.45, 2.75) is 38.3 Å². The summed E-state index contributed by atoms with van der Waals surface area (Å²) in [6.07, 6.45) is 2.82. The van der Waals surface area contributed by atoms with Gasteiger partial charge < -0.3 is 9.63 Å². The molecular weight excluding hydrogens is 194 g/mol. The van der Waals surface area contributed by atoms with Crippen molar-refractivity contribution < 1.29 is 9.63 Å². The van der Waals surface area contributed by atoms with E-state index in [-0.39, 0.29) is 6.04 Å². The van der Waals surface area contributed by atoms with Gasteiger partial charge in [0.25, 0.3) is 5.89 Å². The Morgan fingerprint density at radius 1 is 1.53 bits per heavy atom. The topological polar surface area (TPSA) is 62.4 Å². The maximum absolute atomic E-state index is 9.29. The first kappa shape index (κ1) is 10.6. The Bertz CT molecular complexity index is 324. The van der Waals surface area contributed by atoms with E-state index in [0.717, 1.165) is 13.0 Å². The van der Waals surface area contributed by atoms with Gasteiger partial charge in [-0.15, -0.1) is 0 Å². The van der Waals surface area contributed by atoms with Gasteiger partial charge in [0, 0.05) is 0 Å². The lowest BCUT2D eigenvalue weighted by molar-refractivity contribution is 0.150. The van der Waals surface area contributed by atoms with Gasteiger partial charge in [-0.2, -0.15) is 4.98 Å². The molecule has 0 aromatic carbocycles. The van der Waals surface area contributed by atoms with Crippen LogP contribution in [0.4, 0.5) is 0 Å². The minimum absolute atomic E-state index is 0.245. The van der Waals surface area contributed by atoms with Gasteiger partial charge in [0.05, 0.1) is 6.04 Å². The van der Waals surface area contributed by atoms with Crippen LogP contribution in [-0.2, 0) is 0 Å². The van der Waals surface area contributed by atoms with Crippen LogP contribution in [0.5, 0.6) is 0 Å². The first-order valence-electron chi connectivity index (χ1n) is 5.40. The zero-order chi connectivity index (χ0) is 10.8. The highest BCUT2D eigenvalue weighted by Gasteiger charge is 2.25. The van der Waals surface area contributed by atoms with E-state index in [4.69, 9.17) is 4.52 Å². The number of rotatable bonds is 2. The maximum atomic E-state index is 9.29. The molecule has 1 aromatic heterocycles. The van der Waals surface area contributed by atoms with Crippen molar-refractivity contribution in [2.24, 2.45) is 0 Å². The van der Waals surface area contributed by atoms with Crippen LogP contribution in [0.2, 0.25) is 0 Å². The molecule has 5 heteroatoms. The summed E-state index contributed by atoms with van der Waals surface area (Å²) >= 11 is 0. The monoisotopic (exact) mass is 211 g/mol. The van der Waals surface area contributed by atoms with E-state index in [2.05, 4.69) is 22.1 Å². The van der Waals surface area contributed by atoms with E-state index >= 15 is 0 Å². The molecule has 0 spiro atoms. The van der Waals surface area contributed by atoms with Gasteiger partial charge in [0.15, 0.2) is 5.82 Å². The number of nitrogens with zero attached hydrogens (tertiary/aromatic N) is 3. The predicted molar refractivity (Wildman–Crippen MR) is 54.2 cm³/mol. The number of aliphatic hydroxyl groups is 1. The Balaban J connectivity index is 2.13. The lowest BCUT2D eigenvalue weighted by Gasteiger charge is -2.29. The van der Waals surface area contributed by atoms with Gasteiger partial charge in [-0.25, -0.2) is 0 Å². The molecular formula is C10H17N3O2. The zero-order valence-electron chi connectivity index (χ0n) is 9.18. The normalized spacial score (nSPS) is 25.4. The Labute approximate surface area is 89.1 Å². The fourth-order valence-electron chi connectivity index (χ4n) is 1.95. The minimum atomic E-state index is -0.680. The third kappa shape index (κ3) is 2.18. The second-order valence-corrected chi connectivity index (χ2v) is 4.16. The third-order valence-corrected chi connectivity index (χ3v) is 2.88. The second-order valence-electron chi connectivity index (χ2n) is 4.16. The molecule has 1 N–H and O–H groups in total. The van der Waals surface area contributed by atoms with Crippen molar-refractivity contribution in [1.82, 2.24) is 15.0 Å².